The first-order chi connectivity index (χ1) is 15.8. The number of nitrogens with zero attached hydrogens (tertiary/aromatic N) is 2. The highest BCUT2D eigenvalue weighted by Gasteiger charge is 2.26. The summed E-state index contributed by atoms with van der Waals surface area (Å²) < 4.78 is 21.6. The van der Waals surface area contributed by atoms with Crippen molar-refractivity contribution in [1.29, 1.82) is 0 Å². The lowest BCUT2D eigenvalue weighted by Gasteiger charge is -2.17. The van der Waals surface area contributed by atoms with E-state index in [-0.39, 0.29) is 22.1 Å². The quantitative estimate of drug-likeness (QED) is 0.324. The lowest BCUT2D eigenvalue weighted by molar-refractivity contribution is -0.126. The van der Waals surface area contributed by atoms with Crippen LogP contribution in [0.4, 0.5) is 11.4 Å². The zero-order valence-electron chi connectivity index (χ0n) is 18.9. The van der Waals surface area contributed by atoms with Crippen molar-refractivity contribution >= 4 is 46.3 Å². The van der Waals surface area contributed by atoms with Gasteiger partial charge in [0, 0.05) is 11.1 Å². The highest BCUT2D eigenvalue weighted by molar-refractivity contribution is 6.34. The summed E-state index contributed by atoms with van der Waals surface area (Å²) in [5, 5.41) is 11.0. The summed E-state index contributed by atoms with van der Waals surface area (Å²) >= 11 is 12.5. The number of anilines is 1. The Morgan fingerprint density at radius 2 is 1.70 bits per heavy atom. The molecule has 0 saturated carbocycles. The number of halogens is 2. The number of Topliss-reactive ketones (excluding diaryl/α,β-unsaturated/α-hetero) is 1. The second-order valence-electron chi connectivity index (χ2n) is 6.50. The number of hydrogen-bond acceptors (Lipinski definition) is 8. The number of carbonyl (C=O) groups excluding carboxylic acids is 2. The second kappa shape index (κ2) is 12.3. The molecule has 0 fully saturated rings. The Labute approximate surface area is 202 Å². The molecule has 33 heavy (non-hydrogen) atoms. The molecule has 0 saturated heterocycles. The third kappa shape index (κ3) is 6.49. The van der Waals surface area contributed by atoms with Gasteiger partial charge in [-0.3, -0.25) is 9.59 Å². The van der Waals surface area contributed by atoms with Crippen LogP contribution in [-0.4, -0.2) is 45.2 Å². The molecule has 1 amide bonds. The van der Waals surface area contributed by atoms with Crippen LogP contribution in [0.1, 0.15) is 20.8 Å². The fourth-order valence-electron chi connectivity index (χ4n) is 2.81. The Bertz CT molecular complexity index is 1050. The van der Waals surface area contributed by atoms with Crippen LogP contribution in [-0.2, 0) is 9.59 Å². The topological polar surface area (TPSA) is 108 Å². The average Bonchev–Trinajstić information content (AvgIpc) is 2.76. The Kier molecular flexibility index (Phi) is 9.74. The van der Waals surface area contributed by atoms with Gasteiger partial charge in [-0.1, -0.05) is 23.2 Å². The van der Waals surface area contributed by atoms with E-state index in [1.807, 2.05) is 0 Å². The van der Waals surface area contributed by atoms with E-state index < -0.39 is 17.7 Å². The maximum atomic E-state index is 12.9. The number of rotatable bonds is 11. The van der Waals surface area contributed by atoms with E-state index in [1.165, 1.54) is 33.3 Å². The van der Waals surface area contributed by atoms with Gasteiger partial charge in [-0.15, -0.1) is 0 Å². The normalized spacial score (nSPS) is 11.7. The Morgan fingerprint density at radius 1 is 1.00 bits per heavy atom. The number of ether oxygens (including phenoxy) is 4. The minimum Gasteiger partial charge on any atom is -0.493 e. The predicted octanol–water partition coefficient (Wildman–Crippen LogP) is 5.49. The summed E-state index contributed by atoms with van der Waals surface area (Å²) in [6, 6.07) is 4.73. The standard InChI is InChI=1S/C22H25Cl2N3O6/c1-6-32-17-11-13(23)10-15(20(17)33-7-2)25-22(29)19(12(3)28)27-26-14-8-9-16(30-4)21(31-5)18(14)24/h8-11,19H,6-7H2,1-5H3,(H,25,29). The average molecular weight is 498 g/mol. The molecule has 2 rings (SSSR count). The van der Waals surface area contributed by atoms with Crippen LogP contribution in [0.5, 0.6) is 23.0 Å². The van der Waals surface area contributed by atoms with Crippen LogP contribution in [0.2, 0.25) is 10.0 Å². The molecule has 0 aromatic heterocycles. The van der Waals surface area contributed by atoms with E-state index in [0.717, 1.165) is 0 Å². The van der Waals surface area contributed by atoms with Crippen LogP contribution in [0.15, 0.2) is 34.5 Å². The van der Waals surface area contributed by atoms with E-state index in [1.54, 1.807) is 26.0 Å². The number of hydrogen-bond donors (Lipinski definition) is 1. The van der Waals surface area contributed by atoms with Crippen molar-refractivity contribution in [2.45, 2.75) is 26.8 Å². The van der Waals surface area contributed by atoms with Gasteiger partial charge in [-0.2, -0.15) is 10.2 Å². The van der Waals surface area contributed by atoms with Crippen LogP contribution in [0, 0.1) is 0 Å². The predicted molar refractivity (Wildman–Crippen MR) is 126 cm³/mol. The molecule has 1 atom stereocenters. The molecule has 11 heteroatoms. The fraction of sp³-hybridized carbons (Fsp3) is 0.364. The summed E-state index contributed by atoms with van der Waals surface area (Å²) in [7, 11) is 2.89. The number of carbonyl (C=O) groups is 2. The molecule has 178 valence electrons. The number of benzene rings is 2. The number of ketones is 1. The summed E-state index contributed by atoms with van der Waals surface area (Å²) in [6.07, 6.45) is 0. The van der Waals surface area contributed by atoms with E-state index in [0.29, 0.717) is 35.5 Å². The third-order valence-electron chi connectivity index (χ3n) is 4.25. The van der Waals surface area contributed by atoms with Crippen molar-refractivity contribution in [2.24, 2.45) is 10.2 Å². The zero-order chi connectivity index (χ0) is 24.5. The first-order valence-electron chi connectivity index (χ1n) is 9.99. The summed E-state index contributed by atoms with van der Waals surface area (Å²) in [5.41, 5.74) is 0.438. The van der Waals surface area contributed by atoms with Crippen molar-refractivity contribution in [1.82, 2.24) is 0 Å². The molecule has 0 bridgehead atoms. The molecule has 0 aliphatic heterocycles. The van der Waals surface area contributed by atoms with E-state index in [4.69, 9.17) is 42.1 Å². The Morgan fingerprint density at radius 3 is 2.27 bits per heavy atom. The minimum atomic E-state index is -1.45. The zero-order valence-corrected chi connectivity index (χ0v) is 20.4. The fourth-order valence-corrected chi connectivity index (χ4v) is 3.29. The highest BCUT2D eigenvalue weighted by Crippen LogP contribution is 2.42. The van der Waals surface area contributed by atoms with Crippen LogP contribution >= 0.6 is 23.2 Å². The highest BCUT2D eigenvalue weighted by atomic mass is 35.5. The first kappa shape index (κ1) is 26.2. The van der Waals surface area contributed by atoms with Gasteiger partial charge in [-0.05, 0) is 39.0 Å². The molecule has 0 spiro atoms. The van der Waals surface area contributed by atoms with Crippen LogP contribution < -0.4 is 24.3 Å². The maximum Gasteiger partial charge on any atom is 0.258 e. The molecule has 0 aliphatic rings. The first-order valence-corrected chi connectivity index (χ1v) is 10.7. The van der Waals surface area contributed by atoms with Crippen molar-refractivity contribution in [3.05, 3.63) is 34.3 Å². The molecule has 2 aromatic rings. The lowest BCUT2D eigenvalue weighted by Crippen LogP contribution is -2.32. The van der Waals surface area contributed by atoms with Gasteiger partial charge < -0.3 is 24.3 Å². The Hall–Kier alpha value is -3.04. The molecular formula is C22H25Cl2N3O6. The van der Waals surface area contributed by atoms with Crippen molar-refractivity contribution in [2.75, 3.05) is 32.8 Å². The van der Waals surface area contributed by atoms with E-state index in [2.05, 4.69) is 15.5 Å². The molecule has 2 aromatic carbocycles. The molecule has 0 aliphatic carbocycles. The minimum absolute atomic E-state index is 0.123. The van der Waals surface area contributed by atoms with Crippen molar-refractivity contribution in [3.8, 4) is 23.0 Å². The monoisotopic (exact) mass is 497 g/mol. The van der Waals surface area contributed by atoms with Gasteiger partial charge in [0.15, 0.2) is 28.8 Å². The molecule has 0 heterocycles. The van der Waals surface area contributed by atoms with Crippen LogP contribution in [0.25, 0.3) is 0 Å². The van der Waals surface area contributed by atoms with E-state index in [9.17, 15) is 9.59 Å². The van der Waals surface area contributed by atoms with Crippen molar-refractivity contribution < 1.29 is 28.5 Å². The maximum absolute atomic E-state index is 12.9. The summed E-state index contributed by atoms with van der Waals surface area (Å²) in [5.74, 6) is 0.0472. The van der Waals surface area contributed by atoms with Gasteiger partial charge in [0.05, 0.1) is 33.1 Å². The number of azo groups is 1. The van der Waals surface area contributed by atoms with Gasteiger partial charge >= 0.3 is 0 Å². The lowest BCUT2D eigenvalue weighted by atomic mass is 10.2. The molecule has 1 unspecified atom stereocenters. The van der Waals surface area contributed by atoms with Gasteiger partial charge in [0.2, 0.25) is 6.04 Å². The SMILES string of the molecule is CCOc1cc(Cl)cc(NC(=O)C(N=Nc2ccc(OC)c(OC)c2Cl)C(C)=O)c1OCC. The molecular weight excluding hydrogens is 473 g/mol. The summed E-state index contributed by atoms with van der Waals surface area (Å²) in [4.78, 5) is 25.1. The second-order valence-corrected chi connectivity index (χ2v) is 7.31. The third-order valence-corrected chi connectivity index (χ3v) is 4.83. The van der Waals surface area contributed by atoms with Gasteiger partial charge in [0.1, 0.15) is 10.7 Å². The number of methoxy groups -OCH3 is 2. The molecule has 0 radical (unpaired) electrons. The summed E-state index contributed by atoms with van der Waals surface area (Å²) in [6.45, 7) is 5.50. The van der Waals surface area contributed by atoms with Crippen molar-refractivity contribution in [3.63, 3.8) is 0 Å². The number of nitrogens with one attached hydrogen (secondary N) is 1. The molecule has 1 N–H and O–H groups in total. The van der Waals surface area contributed by atoms with Crippen LogP contribution in [0.3, 0.4) is 0 Å². The number of amides is 1. The molecule has 9 nitrogen and oxygen atoms in total. The largest absolute Gasteiger partial charge is 0.493 e. The Balaban J connectivity index is 2.37. The van der Waals surface area contributed by atoms with Gasteiger partial charge in [0.25, 0.3) is 5.91 Å². The van der Waals surface area contributed by atoms with E-state index >= 15 is 0 Å². The smallest absolute Gasteiger partial charge is 0.258 e. The van der Waals surface area contributed by atoms with Gasteiger partial charge in [-0.25, -0.2) is 0 Å².